The molecule has 29 heavy (non-hydrogen) atoms. The molecule has 6 nitrogen and oxygen atoms in total. The average molecular weight is 428 g/mol. The van der Waals surface area contributed by atoms with E-state index in [0.717, 1.165) is 17.2 Å². The summed E-state index contributed by atoms with van der Waals surface area (Å²) in [5, 5.41) is 13.2. The summed E-state index contributed by atoms with van der Waals surface area (Å²) >= 11 is 5.64. The number of hydrogen-bond donors (Lipinski definition) is 1. The van der Waals surface area contributed by atoms with Crippen LogP contribution < -0.4 is 5.32 Å². The van der Waals surface area contributed by atoms with Crippen molar-refractivity contribution in [3.63, 3.8) is 0 Å². The number of benzene rings is 2. The predicted octanol–water partition coefficient (Wildman–Crippen LogP) is 5.00. The predicted molar refractivity (Wildman–Crippen MR) is 102 cm³/mol. The van der Waals surface area contributed by atoms with Crippen LogP contribution in [0.2, 0.25) is 5.02 Å². The molecule has 154 valence electrons. The summed E-state index contributed by atoms with van der Waals surface area (Å²) in [6.07, 6.45) is -4.22. The largest absolute Gasteiger partial charge is 0.418 e. The first-order valence-corrected chi connectivity index (χ1v) is 9.18. The van der Waals surface area contributed by atoms with Gasteiger partial charge in [-0.15, -0.1) is 0 Å². The first kappa shape index (κ1) is 20.9. The lowest BCUT2D eigenvalue weighted by atomic mass is 10.1. The van der Waals surface area contributed by atoms with E-state index < -0.39 is 27.4 Å². The number of hydrogen-bond acceptors (Lipinski definition) is 4. The number of nitro groups is 1. The van der Waals surface area contributed by atoms with Crippen molar-refractivity contribution >= 4 is 28.9 Å². The van der Waals surface area contributed by atoms with Gasteiger partial charge in [-0.25, -0.2) is 0 Å². The van der Waals surface area contributed by atoms with Crippen molar-refractivity contribution in [2.45, 2.75) is 32.1 Å². The van der Waals surface area contributed by atoms with E-state index in [2.05, 4.69) is 5.32 Å². The molecule has 3 rings (SSSR count). The van der Waals surface area contributed by atoms with Crippen LogP contribution in [0.5, 0.6) is 0 Å². The normalized spacial score (nSPS) is 13.3. The lowest BCUT2D eigenvalue weighted by Gasteiger charge is -2.16. The molecule has 0 aromatic heterocycles. The topological polar surface area (TPSA) is 75.5 Å². The number of nitrogens with one attached hydrogen (secondary N) is 1. The number of alkyl halides is 3. The van der Waals surface area contributed by atoms with E-state index in [-0.39, 0.29) is 24.6 Å². The third-order valence-corrected chi connectivity index (χ3v) is 4.98. The molecular weight excluding hydrogens is 411 g/mol. The van der Waals surface area contributed by atoms with Crippen molar-refractivity contribution in [1.29, 1.82) is 0 Å². The number of halogens is 4. The summed E-state index contributed by atoms with van der Waals surface area (Å²) in [5.74, 6) is -0.0528. The van der Waals surface area contributed by atoms with Crippen LogP contribution in [-0.2, 0) is 24.1 Å². The highest BCUT2D eigenvalue weighted by atomic mass is 35.5. The first-order chi connectivity index (χ1) is 13.7. The molecule has 0 aliphatic carbocycles. The molecule has 1 aliphatic heterocycles. The van der Waals surface area contributed by atoms with Gasteiger partial charge >= 0.3 is 6.18 Å². The zero-order chi connectivity index (χ0) is 21.2. The Morgan fingerprint density at radius 1 is 1.21 bits per heavy atom. The van der Waals surface area contributed by atoms with Crippen LogP contribution in [0.25, 0.3) is 0 Å². The highest BCUT2D eigenvalue weighted by molar-refractivity contribution is 6.31. The molecule has 0 radical (unpaired) electrons. The third-order valence-electron chi connectivity index (χ3n) is 4.66. The molecule has 0 fully saturated rings. The van der Waals surface area contributed by atoms with Crippen LogP contribution in [0.4, 0.5) is 24.5 Å². The fourth-order valence-electron chi connectivity index (χ4n) is 3.20. The molecule has 1 N–H and O–H groups in total. The number of nitrogens with zero attached hydrogens (tertiary/aromatic N) is 2. The van der Waals surface area contributed by atoms with Gasteiger partial charge in [-0.3, -0.25) is 14.9 Å². The molecule has 1 heterocycles. The number of nitro benzene ring substituents is 1. The lowest BCUT2D eigenvalue weighted by molar-refractivity contribution is -0.384. The highest BCUT2D eigenvalue weighted by Crippen LogP contribution is 2.40. The summed E-state index contributed by atoms with van der Waals surface area (Å²) in [4.78, 5) is 24.3. The molecule has 0 saturated carbocycles. The van der Waals surface area contributed by atoms with Crippen LogP contribution in [-0.4, -0.2) is 22.3 Å². The second kappa shape index (κ2) is 8.28. The van der Waals surface area contributed by atoms with Crippen molar-refractivity contribution in [2.24, 2.45) is 0 Å². The van der Waals surface area contributed by atoms with Gasteiger partial charge in [-0.05, 0) is 23.6 Å². The first-order valence-electron chi connectivity index (χ1n) is 8.80. The second-order valence-electron chi connectivity index (χ2n) is 6.65. The molecule has 0 bridgehead atoms. The SMILES string of the molecule is O=C(CCCNc1cc(Cl)c(C(F)(F)F)cc1[N+](=O)[O-])N1Cc2ccccc2C1. The zero-order valence-electron chi connectivity index (χ0n) is 15.1. The Kier molecular flexibility index (Phi) is 5.97. The van der Waals surface area contributed by atoms with Gasteiger partial charge in [0.05, 0.1) is 15.5 Å². The number of amides is 1. The fourth-order valence-corrected chi connectivity index (χ4v) is 3.47. The van der Waals surface area contributed by atoms with Crippen LogP contribution in [0, 0.1) is 10.1 Å². The van der Waals surface area contributed by atoms with Gasteiger partial charge in [0.1, 0.15) is 5.69 Å². The van der Waals surface area contributed by atoms with Gasteiger partial charge in [0.2, 0.25) is 5.91 Å². The van der Waals surface area contributed by atoms with Gasteiger partial charge in [-0.1, -0.05) is 35.9 Å². The maximum Gasteiger partial charge on any atom is 0.418 e. The maximum atomic E-state index is 12.9. The van der Waals surface area contributed by atoms with Crippen molar-refractivity contribution in [3.05, 3.63) is 68.2 Å². The molecule has 1 amide bonds. The zero-order valence-corrected chi connectivity index (χ0v) is 15.9. The van der Waals surface area contributed by atoms with Crippen LogP contribution >= 0.6 is 11.6 Å². The number of carbonyl (C=O) groups is 1. The quantitative estimate of drug-likeness (QED) is 0.400. The molecule has 1 aliphatic rings. The van der Waals surface area contributed by atoms with Gasteiger partial charge in [-0.2, -0.15) is 13.2 Å². The Labute approximate surface area is 169 Å². The standard InChI is InChI=1S/C19H17ClF3N3O3/c20-15-9-16(17(26(28)29)8-14(15)19(21,22)23)24-7-3-6-18(27)25-10-12-4-1-2-5-13(12)11-25/h1-2,4-5,8-9,24H,3,6-7,10-11H2. The van der Waals surface area contributed by atoms with E-state index in [1.807, 2.05) is 24.3 Å². The van der Waals surface area contributed by atoms with Crippen LogP contribution in [0.1, 0.15) is 29.5 Å². The minimum atomic E-state index is -4.79. The Hall–Kier alpha value is -2.81. The molecular formula is C19H17ClF3N3O3. The minimum Gasteiger partial charge on any atom is -0.379 e. The molecule has 2 aromatic rings. The van der Waals surface area contributed by atoms with E-state index in [0.29, 0.717) is 25.6 Å². The summed E-state index contributed by atoms with van der Waals surface area (Å²) in [5.41, 5.74) is 0.111. The molecule has 2 aromatic carbocycles. The van der Waals surface area contributed by atoms with Gasteiger partial charge in [0.25, 0.3) is 5.69 Å². The van der Waals surface area contributed by atoms with Gasteiger partial charge in [0, 0.05) is 32.1 Å². The highest BCUT2D eigenvalue weighted by Gasteiger charge is 2.36. The second-order valence-corrected chi connectivity index (χ2v) is 7.06. The van der Waals surface area contributed by atoms with E-state index in [1.54, 1.807) is 4.90 Å². The summed E-state index contributed by atoms with van der Waals surface area (Å²) in [6, 6.07) is 9.08. The number of anilines is 1. The van der Waals surface area contributed by atoms with Crippen molar-refractivity contribution < 1.29 is 22.9 Å². The Bertz CT molecular complexity index is 925. The number of fused-ring (bicyclic) bond motifs is 1. The van der Waals surface area contributed by atoms with E-state index in [4.69, 9.17) is 11.6 Å². The molecule has 0 unspecified atom stereocenters. The van der Waals surface area contributed by atoms with E-state index in [1.165, 1.54) is 0 Å². The summed E-state index contributed by atoms with van der Waals surface area (Å²) < 4.78 is 38.7. The minimum absolute atomic E-state index is 0.0528. The third kappa shape index (κ3) is 4.79. The van der Waals surface area contributed by atoms with Crippen molar-refractivity contribution in [2.75, 3.05) is 11.9 Å². The molecule has 0 saturated heterocycles. The van der Waals surface area contributed by atoms with Crippen molar-refractivity contribution in [3.8, 4) is 0 Å². The smallest absolute Gasteiger partial charge is 0.379 e. The number of carbonyl (C=O) groups excluding carboxylic acids is 1. The molecule has 0 spiro atoms. The molecule has 0 atom stereocenters. The average Bonchev–Trinajstić information content (AvgIpc) is 3.08. The van der Waals surface area contributed by atoms with E-state index >= 15 is 0 Å². The Morgan fingerprint density at radius 2 is 1.83 bits per heavy atom. The molecule has 10 heteroatoms. The summed E-state index contributed by atoms with van der Waals surface area (Å²) in [6.45, 7) is 1.26. The van der Waals surface area contributed by atoms with Crippen molar-refractivity contribution in [1.82, 2.24) is 4.90 Å². The van der Waals surface area contributed by atoms with Gasteiger partial charge in [0.15, 0.2) is 0 Å². The monoisotopic (exact) mass is 427 g/mol. The Balaban J connectivity index is 1.57. The van der Waals surface area contributed by atoms with E-state index in [9.17, 15) is 28.1 Å². The number of rotatable bonds is 6. The maximum absolute atomic E-state index is 12.9. The van der Waals surface area contributed by atoms with Crippen LogP contribution in [0.15, 0.2) is 36.4 Å². The fraction of sp³-hybridized carbons (Fsp3) is 0.316. The summed E-state index contributed by atoms with van der Waals surface area (Å²) in [7, 11) is 0. The van der Waals surface area contributed by atoms with Gasteiger partial charge < -0.3 is 10.2 Å². The Morgan fingerprint density at radius 3 is 2.38 bits per heavy atom. The van der Waals surface area contributed by atoms with Crippen LogP contribution in [0.3, 0.4) is 0 Å². The lowest BCUT2D eigenvalue weighted by Crippen LogP contribution is -2.25.